The summed E-state index contributed by atoms with van der Waals surface area (Å²) in [5, 5.41) is 1.50. The molecule has 0 atom stereocenters. The summed E-state index contributed by atoms with van der Waals surface area (Å²) < 4.78 is 5.83. The molecule has 0 saturated carbocycles. The minimum atomic E-state index is -1.17. The number of rotatable bonds is 11. The second-order valence-corrected chi connectivity index (χ2v) is 12.2. The van der Waals surface area contributed by atoms with Crippen molar-refractivity contribution in [2.45, 2.75) is 77.9 Å². The third kappa shape index (κ3) is 8.30. The molecular formula is C19H34OSi. The van der Waals surface area contributed by atoms with Crippen LogP contribution in [0.5, 0.6) is 5.75 Å². The second-order valence-electron chi connectivity index (χ2n) is 7.10. The number of hydrogen-bond donors (Lipinski definition) is 0. The van der Waals surface area contributed by atoms with Gasteiger partial charge in [-0.15, -0.1) is 0 Å². The molecule has 1 nitrogen and oxygen atoms in total. The third-order valence-electron chi connectivity index (χ3n) is 3.99. The van der Waals surface area contributed by atoms with E-state index in [9.17, 15) is 0 Å². The van der Waals surface area contributed by atoms with Crippen molar-refractivity contribution in [1.82, 2.24) is 0 Å². The monoisotopic (exact) mass is 306 g/mol. The summed E-state index contributed by atoms with van der Waals surface area (Å²) in [4.78, 5) is 0. The molecule has 0 bridgehead atoms. The van der Waals surface area contributed by atoms with E-state index in [0.717, 1.165) is 12.4 Å². The molecule has 0 radical (unpaired) electrons. The Hall–Kier alpha value is -0.763. The molecule has 0 aromatic heterocycles. The standard InChI is InChI=1S/C19H34OSi/c1-5-6-7-8-9-10-11-12-17-20-18-13-15-19(16-14-18)21(2,3)4/h13-16H,5-12,17H2,1-4H3. The van der Waals surface area contributed by atoms with Crippen LogP contribution in [-0.4, -0.2) is 14.7 Å². The van der Waals surface area contributed by atoms with Gasteiger partial charge in [0.05, 0.1) is 14.7 Å². The lowest BCUT2D eigenvalue weighted by Gasteiger charge is -2.16. The highest BCUT2D eigenvalue weighted by atomic mass is 28.3. The highest BCUT2D eigenvalue weighted by Gasteiger charge is 2.15. The van der Waals surface area contributed by atoms with E-state index in [2.05, 4.69) is 50.8 Å². The van der Waals surface area contributed by atoms with Crippen LogP contribution < -0.4 is 9.92 Å². The number of hydrogen-bond acceptors (Lipinski definition) is 1. The average Bonchev–Trinajstić information content (AvgIpc) is 2.45. The second kappa shape index (κ2) is 10.0. The summed E-state index contributed by atoms with van der Waals surface area (Å²) in [6.45, 7) is 10.3. The van der Waals surface area contributed by atoms with Gasteiger partial charge in [0.15, 0.2) is 0 Å². The fourth-order valence-electron chi connectivity index (χ4n) is 2.48. The van der Waals surface area contributed by atoms with Gasteiger partial charge in [-0.3, -0.25) is 0 Å². The molecule has 0 aliphatic rings. The largest absolute Gasteiger partial charge is 0.494 e. The molecular weight excluding hydrogens is 272 g/mol. The Morgan fingerprint density at radius 2 is 1.29 bits per heavy atom. The first-order valence-corrected chi connectivity index (χ1v) is 12.3. The Bertz CT molecular complexity index is 364. The molecule has 0 N–H and O–H groups in total. The molecule has 0 heterocycles. The van der Waals surface area contributed by atoms with Crippen molar-refractivity contribution >= 4 is 13.3 Å². The van der Waals surface area contributed by atoms with Crippen LogP contribution in [0.1, 0.15) is 58.3 Å². The lowest BCUT2D eigenvalue weighted by molar-refractivity contribution is 0.304. The highest BCUT2D eigenvalue weighted by Crippen LogP contribution is 2.12. The Morgan fingerprint density at radius 1 is 0.762 bits per heavy atom. The molecule has 120 valence electrons. The van der Waals surface area contributed by atoms with Crippen molar-refractivity contribution in [1.29, 1.82) is 0 Å². The zero-order chi connectivity index (χ0) is 15.6. The van der Waals surface area contributed by atoms with E-state index in [1.165, 1.54) is 56.6 Å². The minimum Gasteiger partial charge on any atom is -0.494 e. The normalized spacial score (nSPS) is 11.6. The number of benzene rings is 1. The van der Waals surface area contributed by atoms with Crippen LogP contribution in [0.25, 0.3) is 0 Å². The van der Waals surface area contributed by atoms with Gasteiger partial charge in [-0.2, -0.15) is 0 Å². The lowest BCUT2D eigenvalue weighted by Crippen LogP contribution is -2.37. The molecule has 1 aromatic rings. The van der Waals surface area contributed by atoms with E-state index < -0.39 is 8.07 Å². The minimum absolute atomic E-state index is 0.862. The summed E-state index contributed by atoms with van der Waals surface area (Å²) >= 11 is 0. The van der Waals surface area contributed by atoms with Crippen molar-refractivity contribution in [3.63, 3.8) is 0 Å². The molecule has 0 spiro atoms. The topological polar surface area (TPSA) is 9.23 Å². The van der Waals surface area contributed by atoms with Gasteiger partial charge >= 0.3 is 0 Å². The van der Waals surface area contributed by atoms with Gasteiger partial charge in [0, 0.05) is 0 Å². The molecule has 2 heteroatoms. The van der Waals surface area contributed by atoms with E-state index in [1.807, 2.05) is 0 Å². The van der Waals surface area contributed by atoms with Gasteiger partial charge in [-0.25, -0.2) is 0 Å². The highest BCUT2D eigenvalue weighted by molar-refractivity contribution is 6.88. The van der Waals surface area contributed by atoms with Crippen LogP contribution in [0.3, 0.4) is 0 Å². The van der Waals surface area contributed by atoms with E-state index >= 15 is 0 Å². The van der Waals surface area contributed by atoms with E-state index in [0.29, 0.717) is 0 Å². The summed E-state index contributed by atoms with van der Waals surface area (Å²) in [5.41, 5.74) is 0. The summed E-state index contributed by atoms with van der Waals surface area (Å²) in [5.74, 6) is 1.03. The molecule has 0 saturated heterocycles. The molecule has 1 rings (SSSR count). The number of ether oxygens (including phenoxy) is 1. The van der Waals surface area contributed by atoms with Crippen molar-refractivity contribution in [2.24, 2.45) is 0 Å². The molecule has 0 aliphatic heterocycles. The van der Waals surface area contributed by atoms with Gasteiger partial charge in [-0.05, 0) is 18.6 Å². The average molecular weight is 307 g/mol. The van der Waals surface area contributed by atoms with E-state index in [4.69, 9.17) is 4.74 Å². The summed E-state index contributed by atoms with van der Waals surface area (Å²) in [7, 11) is -1.17. The number of unbranched alkanes of at least 4 members (excludes halogenated alkanes) is 7. The quantitative estimate of drug-likeness (QED) is 0.373. The maximum absolute atomic E-state index is 5.83. The van der Waals surface area contributed by atoms with Crippen LogP contribution in [-0.2, 0) is 0 Å². The zero-order valence-electron chi connectivity index (χ0n) is 14.6. The maximum atomic E-state index is 5.83. The van der Waals surface area contributed by atoms with E-state index in [1.54, 1.807) is 0 Å². The first kappa shape index (κ1) is 18.3. The molecule has 0 unspecified atom stereocenters. The zero-order valence-corrected chi connectivity index (χ0v) is 15.6. The fourth-order valence-corrected chi connectivity index (χ4v) is 3.64. The van der Waals surface area contributed by atoms with Crippen LogP contribution in [0.15, 0.2) is 24.3 Å². The van der Waals surface area contributed by atoms with Crippen LogP contribution >= 0.6 is 0 Å². The first-order valence-electron chi connectivity index (χ1n) is 8.77. The lowest BCUT2D eigenvalue weighted by atomic mass is 10.1. The molecule has 0 fully saturated rings. The van der Waals surface area contributed by atoms with Crippen molar-refractivity contribution in [3.05, 3.63) is 24.3 Å². The summed E-state index contributed by atoms with van der Waals surface area (Å²) in [6.07, 6.45) is 10.8. The Labute approximate surface area is 133 Å². The van der Waals surface area contributed by atoms with Crippen molar-refractivity contribution < 1.29 is 4.74 Å². The van der Waals surface area contributed by atoms with Gasteiger partial charge < -0.3 is 4.74 Å². The van der Waals surface area contributed by atoms with Gasteiger partial charge in [0.2, 0.25) is 0 Å². The molecule has 1 aromatic carbocycles. The van der Waals surface area contributed by atoms with Crippen LogP contribution in [0.4, 0.5) is 0 Å². The van der Waals surface area contributed by atoms with Gasteiger partial charge in [0.1, 0.15) is 5.75 Å². The molecule has 0 amide bonds. The Balaban J connectivity index is 2.08. The predicted octanol–water partition coefficient (Wildman–Crippen LogP) is 5.75. The summed E-state index contributed by atoms with van der Waals surface area (Å²) in [6, 6.07) is 8.77. The van der Waals surface area contributed by atoms with Crippen molar-refractivity contribution in [2.75, 3.05) is 6.61 Å². The van der Waals surface area contributed by atoms with Crippen molar-refractivity contribution in [3.8, 4) is 5.75 Å². The smallest absolute Gasteiger partial charge is 0.119 e. The molecule has 21 heavy (non-hydrogen) atoms. The van der Waals surface area contributed by atoms with Crippen LogP contribution in [0, 0.1) is 0 Å². The fraction of sp³-hybridized carbons (Fsp3) is 0.684. The Kier molecular flexibility index (Phi) is 8.75. The predicted molar refractivity (Wildman–Crippen MR) is 97.5 cm³/mol. The SMILES string of the molecule is CCCCCCCCCCOc1ccc([Si](C)(C)C)cc1. The Morgan fingerprint density at radius 3 is 1.81 bits per heavy atom. The van der Waals surface area contributed by atoms with E-state index in [-0.39, 0.29) is 0 Å². The van der Waals surface area contributed by atoms with Gasteiger partial charge in [-0.1, -0.05) is 88.8 Å². The van der Waals surface area contributed by atoms with Gasteiger partial charge in [0.25, 0.3) is 0 Å². The van der Waals surface area contributed by atoms with Crippen LogP contribution in [0.2, 0.25) is 19.6 Å². The first-order chi connectivity index (χ1) is 10.0. The third-order valence-corrected chi connectivity index (χ3v) is 6.05. The molecule has 0 aliphatic carbocycles. The maximum Gasteiger partial charge on any atom is 0.119 e.